The van der Waals surface area contributed by atoms with Crippen LogP contribution in [0.15, 0.2) is 36.4 Å². The number of nitrogens with zero attached hydrogens (tertiary/aromatic N) is 1. The van der Waals surface area contributed by atoms with Crippen molar-refractivity contribution in [1.29, 1.82) is 0 Å². The lowest BCUT2D eigenvalue weighted by Crippen LogP contribution is -2.55. The van der Waals surface area contributed by atoms with Crippen molar-refractivity contribution in [1.82, 2.24) is 0 Å². The fourth-order valence-electron chi connectivity index (χ4n) is 4.67. The summed E-state index contributed by atoms with van der Waals surface area (Å²) < 4.78 is 0. The first-order valence-corrected chi connectivity index (χ1v) is 7.83. The van der Waals surface area contributed by atoms with Crippen LogP contribution in [0.25, 0.3) is 10.8 Å². The van der Waals surface area contributed by atoms with Crippen molar-refractivity contribution in [3.05, 3.63) is 42.0 Å². The zero-order valence-corrected chi connectivity index (χ0v) is 12.7. The molecule has 20 heavy (non-hydrogen) atoms. The van der Waals surface area contributed by atoms with Crippen LogP contribution in [0.5, 0.6) is 0 Å². The zero-order chi connectivity index (χ0) is 14.0. The van der Waals surface area contributed by atoms with Crippen LogP contribution in [0.2, 0.25) is 0 Å². The van der Waals surface area contributed by atoms with Crippen molar-refractivity contribution in [3.63, 3.8) is 0 Å². The van der Waals surface area contributed by atoms with Crippen LogP contribution in [0, 0.1) is 0 Å². The van der Waals surface area contributed by atoms with E-state index in [1.165, 1.54) is 42.1 Å². The minimum absolute atomic E-state index is 0.283. The van der Waals surface area contributed by atoms with Gasteiger partial charge in [0.1, 0.15) is 0 Å². The summed E-state index contributed by atoms with van der Waals surface area (Å²) >= 11 is 0. The van der Waals surface area contributed by atoms with Gasteiger partial charge in [-0.25, -0.2) is 0 Å². The van der Waals surface area contributed by atoms with Crippen molar-refractivity contribution in [3.8, 4) is 0 Å². The maximum atomic E-state index is 2.56. The molecule has 1 nitrogen and oxygen atoms in total. The van der Waals surface area contributed by atoms with Gasteiger partial charge in [-0.1, -0.05) is 44.0 Å². The molecule has 2 aliphatic rings. The molecule has 0 aromatic heterocycles. The Hall–Kier alpha value is -1.50. The molecule has 2 aromatic rings. The van der Waals surface area contributed by atoms with Gasteiger partial charge in [0.25, 0.3) is 0 Å². The van der Waals surface area contributed by atoms with Crippen LogP contribution in [-0.2, 0) is 5.41 Å². The van der Waals surface area contributed by atoms with E-state index in [2.05, 4.69) is 62.2 Å². The van der Waals surface area contributed by atoms with Gasteiger partial charge < -0.3 is 4.90 Å². The number of fused-ring (bicyclic) bond motifs is 4. The van der Waals surface area contributed by atoms with Crippen LogP contribution in [-0.4, -0.2) is 12.6 Å². The predicted octanol–water partition coefficient (Wildman–Crippen LogP) is 4.88. The van der Waals surface area contributed by atoms with Crippen molar-refractivity contribution in [2.45, 2.75) is 50.5 Å². The zero-order valence-electron chi connectivity index (χ0n) is 12.7. The second-order valence-electron chi connectivity index (χ2n) is 7.09. The van der Waals surface area contributed by atoms with Gasteiger partial charge in [-0.15, -0.1) is 0 Å². The van der Waals surface area contributed by atoms with Gasteiger partial charge in [0.05, 0.1) is 0 Å². The SMILES string of the molecule is CN1c2cc3ccccc3cc2C2(C)CCCCC12C. The predicted molar refractivity (Wildman–Crippen MR) is 86.6 cm³/mol. The highest BCUT2D eigenvalue weighted by molar-refractivity contribution is 5.89. The van der Waals surface area contributed by atoms with Gasteiger partial charge in [0.2, 0.25) is 0 Å². The molecule has 4 rings (SSSR count). The second-order valence-corrected chi connectivity index (χ2v) is 7.09. The molecule has 2 atom stereocenters. The van der Waals surface area contributed by atoms with E-state index in [1.54, 1.807) is 5.56 Å². The minimum Gasteiger partial charge on any atom is -0.368 e. The largest absolute Gasteiger partial charge is 0.368 e. The average molecular weight is 265 g/mol. The second kappa shape index (κ2) is 3.78. The third-order valence-corrected chi connectivity index (χ3v) is 6.34. The summed E-state index contributed by atoms with van der Waals surface area (Å²) in [5.74, 6) is 0. The van der Waals surface area contributed by atoms with E-state index in [0.29, 0.717) is 5.41 Å². The molecule has 1 aliphatic carbocycles. The highest BCUT2D eigenvalue weighted by Gasteiger charge is 2.55. The Labute approximate surface area is 121 Å². The molecular formula is C19H23N. The first kappa shape index (κ1) is 12.3. The summed E-state index contributed by atoms with van der Waals surface area (Å²) in [6.07, 6.45) is 5.36. The molecule has 1 aliphatic heterocycles. The maximum Gasteiger partial charge on any atom is 0.0465 e. The standard InChI is InChI=1S/C19H23N/c1-18-10-6-7-11-19(18,2)20(3)17-13-15-9-5-4-8-14(15)12-16(17)18/h4-5,8-9,12-13H,6-7,10-11H2,1-3H3. The van der Waals surface area contributed by atoms with Gasteiger partial charge in [0.15, 0.2) is 0 Å². The minimum atomic E-state index is 0.283. The molecule has 104 valence electrons. The molecule has 1 fully saturated rings. The Kier molecular flexibility index (Phi) is 2.32. The van der Waals surface area contributed by atoms with E-state index < -0.39 is 0 Å². The third-order valence-electron chi connectivity index (χ3n) is 6.34. The van der Waals surface area contributed by atoms with E-state index in [-0.39, 0.29) is 5.54 Å². The Bertz CT molecular complexity index is 689. The number of rotatable bonds is 0. The Morgan fingerprint density at radius 3 is 2.35 bits per heavy atom. The Morgan fingerprint density at radius 1 is 0.950 bits per heavy atom. The normalized spacial score (nSPS) is 32.2. The van der Waals surface area contributed by atoms with E-state index in [0.717, 1.165) is 0 Å². The fraction of sp³-hybridized carbons (Fsp3) is 0.474. The summed E-state index contributed by atoms with van der Waals surface area (Å²) in [6, 6.07) is 13.6. The third kappa shape index (κ3) is 1.29. The Balaban J connectivity index is 2.02. The van der Waals surface area contributed by atoms with Gasteiger partial charge in [-0.2, -0.15) is 0 Å². The van der Waals surface area contributed by atoms with E-state index in [4.69, 9.17) is 0 Å². The number of likely N-dealkylation sites (N-methyl/N-ethyl adjacent to an activating group) is 1. The van der Waals surface area contributed by atoms with E-state index in [1.807, 2.05) is 0 Å². The lowest BCUT2D eigenvalue weighted by molar-refractivity contribution is 0.190. The molecular weight excluding hydrogens is 242 g/mol. The topological polar surface area (TPSA) is 3.24 Å². The first-order chi connectivity index (χ1) is 9.56. The number of anilines is 1. The van der Waals surface area contributed by atoms with Crippen LogP contribution in [0.3, 0.4) is 0 Å². The molecule has 0 spiro atoms. The highest BCUT2D eigenvalue weighted by Crippen LogP contribution is 2.58. The average Bonchev–Trinajstić information content (AvgIpc) is 2.64. The van der Waals surface area contributed by atoms with Crippen molar-refractivity contribution < 1.29 is 0 Å². The Morgan fingerprint density at radius 2 is 1.60 bits per heavy atom. The van der Waals surface area contributed by atoms with E-state index in [9.17, 15) is 0 Å². The fourth-order valence-corrected chi connectivity index (χ4v) is 4.67. The van der Waals surface area contributed by atoms with Crippen molar-refractivity contribution in [2.75, 3.05) is 11.9 Å². The summed E-state index contributed by atoms with van der Waals surface area (Å²) in [6.45, 7) is 4.96. The number of hydrogen-bond donors (Lipinski definition) is 0. The summed E-state index contributed by atoms with van der Waals surface area (Å²) in [4.78, 5) is 2.56. The monoisotopic (exact) mass is 265 g/mol. The maximum absolute atomic E-state index is 2.56. The molecule has 0 amide bonds. The van der Waals surface area contributed by atoms with Gasteiger partial charge >= 0.3 is 0 Å². The quantitative estimate of drug-likeness (QED) is 0.656. The van der Waals surface area contributed by atoms with E-state index >= 15 is 0 Å². The van der Waals surface area contributed by atoms with Crippen LogP contribution < -0.4 is 4.90 Å². The molecule has 2 aromatic carbocycles. The molecule has 0 radical (unpaired) electrons. The summed E-state index contributed by atoms with van der Waals surface area (Å²) in [5.41, 5.74) is 3.61. The van der Waals surface area contributed by atoms with Crippen molar-refractivity contribution >= 4 is 16.5 Å². The number of benzene rings is 2. The smallest absolute Gasteiger partial charge is 0.0465 e. The summed E-state index contributed by atoms with van der Waals surface area (Å²) in [7, 11) is 2.30. The lowest BCUT2D eigenvalue weighted by Gasteiger charge is -2.49. The van der Waals surface area contributed by atoms with Crippen LogP contribution >= 0.6 is 0 Å². The van der Waals surface area contributed by atoms with Gasteiger partial charge in [-0.05, 0) is 48.2 Å². The van der Waals surface area contributed by atoms with Crippen LogP contribution in [0.1, 0.15) is 45.1 Å². The first-order valence-electron chi connectivity index (χ1n) is 7.83. The molecule has 0 N–H and O–H groups in total. The molecule has 0 saturated heterocycles. The molecule has 2 unspecified atom stereocenters. The molecule has 1 heteroatoms. The number of hydrogen-bond acceptors (Lipinski definition) is 1. The van der Waals surface area contributed by atoms with Crippen molar-refractivity contribution in [2.24, 2.45) is 0 Å². The molecule has 0 bridgehead atoms. The molecule has 1 saturated carbocycles. The van der Waals surface area contributed by atoms with Crippen LogP contribution in [0.4, 0.5) is 5.69 Å². The lowest BCUT2D eigenvalue weighted by atomic mass is 9.61. The van der Waals surface area contributed by atoms with Gasteiger partial charge in [0, 0.05) is 23.7 Å². The molecule has 1 heterocycles. The summed E-state index contributed by atoms with van der Waals surface area (Å²) in [5, 5.41) is 2.75. The van der Waals surface area contributed by atoms with Gasteiger partial charge in [-0.3, -0.25) is 0 Å². The highest BCUT2D eigenvalue weighted by atomic mass is 15.2.